The minimum Gasteiger partial charge on any atom is -0.487 e. The predicted octanol–water partition coefficient (Wildman–Crippen LogP) is 2.00. The summed E-state index contributed by atoms with van der Waals surface area (Å²) in [5.41, 5.74) is 1.71. The first-order chi connectivity index (χ1) is 13.6. The van der Waals surface area contributed by atoms with Gasteiger partial charge >= 0.3 is 0 Å². The number of hydrogen-bond donors (Lipinski definition) is 4. The number of aliphatic hydroxyl groups excluding tert-OH is 4. The highest BCUT2D eigenvalue weighted by Crippen LogP contribution is 2.38. The third-order valence-corrected chi connectivity index (χ3v) is 5.96. The van der Waals surface area contributed by atoms with Gasteiger partial charge in [-0.2, -0.15) is 0 Å². The van der Waals surface area contributed by atoms with Crippen LogP contribution in [0.3, 0.4) is 0 Å². The molecule has 4 N–H and O–H groups in total. The molecule has 2 heterocycles. The lowest BCUT2D eigenvalue weighted by atomic mass is 9.91. The summed E-state index contributed by atoms with van der Waals surface area (Å²) < 4.78 is 12.7. The zero-order valence-electron chi connectivity index (χ0n) is 15.0. The van der Waals surface area contributed by atoms with Crippen LogP contribution in [-0.2, 0) is 11.3 Å². The normalized spacial score (nSPS) is 27.8. The van der Waals surface area contributed by atoms with E-state index in [4.69, 9.17) is 9.47 Å². The summed E-state index contributed by atoms with van der Waals surface area (Å²) in [6.45, 7) is -0.00940. The topological polar surface area (TPSA) is 99.4 Å². The van der Waals surface area contributed by atoms with E-state index in [-0.39, 0.29) is 0 Å². The van der Waals surface area contributed by atoms with Gasteiger partial charge in [-0.3, -0.25) is 0 Å². The average Bonchev–Trinajstić information content (AvgIpc) is 3.14. The molecule has 0 aliphatic carbocycles. The van der Waals surface area contributed by atoms with Crippen LogP contribution in [0, 0.1) is 0 Å². The Hall–Kier alpha value is -2.00. The number of rotatable bonds is 5. The molecule has 0 bridgehead atoms. The number of ether oxygens (including phenoxy) is 2. The minimum absolute atomic E-state index is 0.441. The van der Waals surface area contributed by atoms with E-state index in [2.05, 4.69) is 0 Å². The Bertz CT molecular complexity index is 925. The Morgan fingerprint density at radius 1 is 0.964 bits per heavy atom. The quantitative estimate of drug-likeness (QED) is 0.521. The number of hydrogen-bond acceptors (Lipinski definition) is 7. The van der Waals surface area contributed by atoms with E-state index < -0.39 is 37.1 Å². The fourth-order valence-corrected chi connectivity index (χ4v) is 4.29. The van der Waals surface area contributed by atoms with Gasteiger partial charge in [-0.1, -0.05) is 36.4 Å². The highest BCUT2D eigenvalue weighted by Gasteiger charge is 2.44. The maximum absolute atomic E-state index is 10.4. The second kappa shape index (κ2) is 8.16. The molecule has 1 saturated heterocycles. The zero-order chi connectivity index (χ0) is 19.7. The van der Waals surface area contributed by atoms with Crippen LogP contribution in [0.1, 0.15) is 17.2 Å². The van der Waals surface area contributed by atoms with E-state index in [1.165, 1.54) is 0 Å². The second-order valence-corrected chi connectivity index (χ2v) is 7.79. The molecule has 3 aromatic rings. The molecule has 6 nitrogen and oxygen atoms in total. The smallest absolute Gasteiger partial charge is 0.138 e. The first kappa shape index (κ1) is 19.3. The van der Waals surface area contributed by atoms with Crippen LogP contribution in [0.4, 0.5) is 0 Å². The summed E-state index contributed by atoms with van der Waals surface area (Å²) in [5, 5.41) is 42.6. The van der Waals surface area contributed by atoms with Gasteiger partial charge in [0, 0.05) is 15.5 Å². The molecular weight excluding hydrogens is 380 g/mol. The summed E-state index contributed by atoms with van der Waals surface area (Å²) in [7, 11) is 0. The monoisotopic (exact) mass is 402 g/mol. The summed E-state index contributed by atoms with van der Waals surface area (Å²) >= 11 is 1.55. The van der Waals surface area contributed by atoms with Crippen molar-refractivity contribution in [3.8, 4) is 5.75 Å². The lowest BCUT2D eigenvalue weighted by Gasteiger charge is -2.40. The largest absolute Gasteiger partial charge is 0.487 e. The van der Waals surface area contributed by atoms with Gasteiger partial charge in [-0.25, -0.2) is 0 Å². The minimum atomic E-state index is -1.40. The van der Waals surface area contributed by atoms with Gasteiger partial charge in [0.1, 0.15) is 42.9 Å². The molecule has 0 saturated carbocycles. The summed E-state index contributed by atoms with van der Waals surface area (Å²) in [4.78, 5) is 0. The molecule has 1 aliphatic rings. The van der Waals surface area contributed by atoms with Crippen LogP contribution in [0.25, 0.3) is 10.1 Å². The van der Waals surface area contributed by atoms with Crippen LogP contribution in [0.2, 0.25) is 0 Å². The molecular formula is C21H22O6S. The summed E-state index contributed by atoms with van der Waals surface area (Å²) in [6, 6.07) is 15.4. The molecule has 7 heteroatoms. The van der Waals surface area contributed by atoms with Crippen molar-refractivity contribution in [1.82, 2.24) is 0 Å². The number of thiophene rings is 1. The third-order valence-electron chi connectivity index (χ3n) is 5.02. The Morgan fingerprint density at radius 3 is 2.50 bits per heavy atom. The van der Waals surface area contributed by atoms with Crippen molar-refractivity contribution in [1.29, 1.82) is 0 Å². The van der Waals surface area contributed by atoms with Crippen molar-refractivity contribution < 1.29 is 29.9 Å². The highest BCUT2D eigenvalue weighted by atomic mass is 32.1. The van der Waals surface area contributed by atoms with Crippen molar-refractivity contribution in [2.24, 2.45) is 0 Å². The zero-order valence-corrected chi connectivity index (χ0v) is 15.8. The Kier molecular flexibility index (Phi) is 5.63. The van der Waals surface area contributed by atoms with E-state index >= 15 is 0 Å². The molecule has 0 radical (unpaired) electrons. The van der Waals surface area contributed by atoms with Crippen LogP contribution >= 0.6 is 11.3 Å². The molecule has 5 atom stereocenters. The van der Waals surface area contributed by atoms with Crippen molar-refractivity contribution in [3.05, 3.63) is 65.0 Å². The van der Waals surface area contributed by atoms with E-state index in [0.717, 1.165) is 21.4 Å². The maximum atomic E-state index is 10.4. The number of aliphatic hydroxyl groups is 4. The van der Waals surface area contributed by atoms with Gasteiger partial charge in [0.2, 0.25) is 0 Å². The second-order valence-electron chi connectivity index (χ2n) is 6.88. The molecule has 4 rings (SSSR count). The molecule has 1 aliphatic heterocycles. The van der Waals surface area contributed by atoms with Crippen molar-refractivity contribution in [2.75, 3.05) is 6.61 Å². The molecule has 0 amide bonds. The van der Waals surface area contributed by atoms with Crippen LogP contribution in [-0.4, -0.2) is 51.4 Å². The van der Waals surface area contributed by atoms with Crippen molar-refractivity contribution in [2.45, 2.75) is 37.1 Å². The van der Waals surface area contributed by atoms with E-state index in [1.54, 1.807) is 11.3 Å². The van der Waals surface area contributed by atoms with Crippen LogP contribution < -0.4 is 4.74 Å². The lowest BCUT2D eigenvalue weighted by molar-refractivity contribution is -0.231. The van der Waals surface area contributed by atoms with Crippen molar-refractivity contribution in [3.63, 3.8) is 0 Å². The lowest BCUT2D eigenvalue weighted by Crippen LogP contribution is -2.55. The Morgan fingerprint density at radius 2 is 1.75 bits per heavy atom. The molecule has 1 fully saturated rings. The molecule has 2 aromatic carbocycles. The predicted molar refractivity (Wildman–Crippen MR) is 105 cm³/mol. The van der Waals surface area contributed by atoms with Gasteiger partial charge in [0.25, 0.3) is 0 Å². The van der Waals surface area contributed by atoms with E-state index in [9.17, 15) is 20.4 Å². The van der Waals surface area contributed by atoms with E-state index in [0.29, 0.717) is 12.2 Å². The molecule has 148 valence electrons. The van der Waals surface area contributed by atoms with Gasteiger partial charge in [0.15, 0.2) is 0 Å². The molecule has 0 unspecified atom stereocenters. The standard InChI is InChI=1S/C21H22O6S/c22-9-15-18(23)19(24)20(25)21(27-15)13-6-7-17-14(8-13)16(11-28-17)26-10-12-4-2-1-3-5-12/h1-8,11,15,18-25H,9-10H2/t15-,18-,19+,20-,21+/m1/s1. The van der Waals surface area contributed by atoms with Gasteiger partial charge < -0.3 is 29.9 Å². The first-order valence-corrected chi connectivity index (χ1v) is 9.95. The van der Waals surface area contributed by atoms with Gasteiger partial charge in [-0.05, 0) is 23.3 Å². The SMILES string of the molecule is OC[C@H]1O[C@@H](c2ccc3scc(OCc4ccccc4)c3c2)[C@H](O)[C@@H](O)[C@@H]1O. The fraction of sp³-hybridized carbons (Fsp3) is 0.333. The van der Waals surface area contributed by atoms with Crippen LogP contribution in [0.5, 0.6) is 5.75 Å². The number of fused-ring (bicyclic) bond motifs is 1. The average molecular weight is 402 g/mol. The summed E-state index contributed by atoms with van der Waals surface area (Å²) in [6.07, 6.45) is -5.87. The molecule has 28 heavy (non-hydrogen) atoms. The molecule has 0 spiro atoms. The fourth-order valence-electron chi connectivity index (χ4n) is 3.42. The highest BCUT2D eigenvalue weighted by molar-refractivity contribution is 7.17. The van der Waals surface area contributed by atoms with Crippen molar-refractivity contribution >= 4 is 21.4 Å². The Labute approximate surface area is 166 Å². The maximum Gasteiger partial charge on any atom is 0.138 e. The van der Waals surface area contributed by atoms with E-state index in [1.807, 2.05) is 53.9 Å². The number of benzene rings is 2. The summed E-state index contributed by atoms with van der Waals surface area (Å²) in [5.74, 6) is 0.732. The van der Waals surface area contributed by atoms with Gasteiger partial charge in [-0.15, -0.1) is 11.3 Å². The Balaban J connectivity index is 1.60. The molecule has 1 aromatic heterocycles. The third kappa shape index (κ3) is 3.65. The van der Waals surface area contributed by atoms with Gasteiger partial charge in [0.05, 0.1) is 6.61 Å². The first-order valence-electron chi connectivity index (χ1n) is 9.07. The van der Waals surface area contributed by atoms with Crippen LogP contribution in [0.15, 0.2) is 53.9 Å².